The predicted molar refractivity (Wildman–Crippen MR) is 72.6 cm³/mol. The molecule has 0 bridgehead atoms. The van der Waals surface area contributed by atoms with Crippen LogP contribution >= 0.6 is 0 Å². The van der Waals surface area contributed by atoms with Crippen molar-refractivity contribution in [2.24, 2.45) is 5.92 Å². The number of amides is 1. The van der Waals surface area contributed by atoms with E-state index in [0.717, 1.165) is 31.2 Å². The number of carbonyl (C=O) groups is 1. The SMILES string of the molecule is O=C(NC1CCCC1CCO)OCc1ccccc1. The largest absolute Gasteiger partial charge is 0.445 e. The van der Waals surface area contributed by atoms with E-state index in [0.29, 0.717) is 12.5 Å². The highest BCUT2D eigenvalue weighted by Gasteiger charge is 2.28. The summed E-state index contributed by atoms with van der Waals surface area (Å²) in [6.07, 6.45) is 3.55. The van der Waals surface area contributed by atoms with Gasteiger partial charge in [0.25, 0.3) is 0 Å². The van der Waals surface area contributed by atoms with Crippen LogP contribution in [0.2, 0.25) is 0 Å². The van der Waals surface area contributed by atoms with Crippen LogP contribution in [0.15, 0.2) is 30.3 Å². The van der Waals surface area contributed by atoms with E-state index in [1.165, 1.54) is 0 Å². The Bertz CT molecular complexity index is 394. The molecule has 1 amide bonds. The number of rotatable bonds is 5. The summed E-state index contributed by atoms with van der Waals surface area (Å²) in [6, 6.07) is 9.78. The minimum Gasteiger partial charge on any atom is -0.445 e. The van der Waals surface area contributed by atoms with Crippen LogP contribution in [0.25, 0.3) is 0 Å². The third kappa shape index (κ3) is 4.24. The van der Waals surface area contributed by atoms with Gasteiger partial charge in [0, 0.05) is 12.6 Å². The maximum Gasteiger partial charge on any atom is 0.407 e. The Morgan fingerprint density at radius 2 is 2.11 bits per heavy atom. The average molecular weight is 263 g/mol. The highest BCUT2D eigenvalue weighted by Crippen LogP contribution is 2.28. The summed E-state index contributed by atoms with van der Waals surface area (Å²) in [7, 11) is 0. The van der Waals surface area contributed by atoms with Crippen LogP contribution in [0.1, 0.15) is 31.2 Å². The van der Waals surface area contributed by atoms with Crippen molar-refractivity contribution in [1.82, 2.24) is 5.32 Å². The highest BCUT2D eigenvalue weighted by atomic mass is 16.5. The van der Waals surface area contributed by atoms with Crippen LogP contribution in [-0.2, 0) is 11.3 Å². The van der Waals surface area contributed by atoms with Gasteiger partial charge in [-0.1, -0.05) is 36.8 Å². The lowest BCUT2D eigenvalue weighted by atomic mass is 10.0. The lowest BCUT2D eigenvalue weighted by Gasteiger charge is -2.19. The Kier molecular flexibility index (Phi) is 5.21. The molecule has 0 saturated heterocycles. The van der Waals surface area contributed by atoms with Gasteiger partial charge in [-0.05, 0) is 30.7 Å². The molecule has 104 valence electrons. The lowest BCUT2D eigenvalue weighted by molar-refractivity contribution is 0.131. The normalized spacial score (nSPS) is 22.2. The Morgan fingerprint density at radius 1 is 1.32 bits per heavy atom. The molecule has 2 rings (SSSR count). The van der Waals surface area contributed by atoms with Gasteiger partial charge in [0.2, 0.25) is 0 Å². The van der Waals surface area contributed by atoms with Crippen molar-refractivity contribution in [2.45, 2.75) is 38.3 Å². The summed E-state index contributed by atoms with van der Waals surface area (Å²) >= 11 is 0. The Labute approximate surface area is 113 Å². The quantitative estimate of drug-likeness (QED) is 0.858. The molecule has 1 aromatic carbocycles. The van der Waals surface area contributed by atoms with E-state index < -0.39 is 0 Å². The minimum atomic E-state index is -0.362. The maximum absolute atomic E-state index is 11.7. The van der Waals surface area contributed by atoms with Crippen LogP contribution in [0.3, 0.4) is 0 Å². The molecule has 1 saturated carbocycles. The molecule has 1 fully saturated rings. The number of aliphatic hydroxyl groups excluding tert-OH is 1. The van der Waals surface area contributed by atoms with Crippen molar-refractivity contribution in [2.75, 3.05) is 6.61 Å². The van der Waals surface area contributed by atoms with E-state index in [9.17, 15) is 4.79 Å². The molecule has 4 heteroatoms. The van der Waals surface area contributed by atoms with Gasteiger partial charge in [0.1, 0.15) is 6.61 Å². The summed E-state index contributed by atoms with van der Waals surface area (Å²) in [5.74, 6) is 0.384. The second-order valence-corrected chi connectivity index (χ2v) is 5.02. The maximum atomic E-state index is 11.7. The summed E-state index contributed by atoms with van der Waals surface area (Å²) in [5.41, 5.74) is 0.982. The van der Waals surface area contributed by atoms with E-state index >= 15 is 0 Å². The Hall–Kier alpha value is -1.55. The molecule has 4 nitrogen and oxygen atoms in total. The van der Waals surface area contributed by atoms with Gasteiger partial charge in [-0.15, -0.1) is 0 Å². The van der Waals surface area contributed by atoms with Crippen LogP contribution in [0.5, 0.6) is 0 Å². The van der Waals surface area contributed by atoms with Crippen molar-refractivity contribution < 1.29 is 14.6 Å². The number of hydrogen-bond donors (Lipinski definition) is 2. The van der Waals surface area contributed by atoms with Gasteiger partial charge < -0.3 is 15.2 Å². The number of ether oxygens (including phenoxy) is 1. The molecule has 0 aliphatic heterocycles. The zero-order valence-electron chi connectivity index (χ0n) is 11.0. The second-order valence-electron chi connectivity index (χ2n) is 5.02. The molecule has 1 aliphatic rings. The highest BCUT2D eigenvalue weighted by molar-refractivity contribution is 5.67. The van der Waals surface area contributed by atoms with Crippen LogP contribution in [-0.4, -0.2) is 23.8 Å². The van der Waals surface area contributed by atoms with E-state index in [1.54, 1.807) is 0 Å². The molecule has 2 atom stereocenters. The minimum absolute atomic E-state index is 0.149. The van der Waals surface area contributed by atoms with Crippen molar-refractivity contribution in [3.05, 3.63) is 35.9 Å². The van der Waals surface area contributed by atoms with Gasteiger partial charge in [-0.3, -0.25) is 0 Å². The van der Waals surface area contributed by atoms with E-state index in [2.05, 4.69) is 5.32 Å². The number of benzene rings is 1. The number of aliphatic hydroxyl groups is 1. The van der Waals surface area contributed by atoms with Crippen molar-refractivity contribution >= 4 is 6.09 Å². The fraction of sp³-hybridized carbons (Fsp3) is 0.533. The molecule has 2 N–H and O–H groups in total. The first-order valence-corrected chi connectivity index (χ1v) is 6.87. The second kappa shape index (κ2) is 7.14. The molecule has 19 heavy (non-hydrogen) atoms. The zero-order valence-corrected chi connectivity index (χ0v) is 11.0. The summed E-state index contributed by atoms with van der Waals surface area (Å²) < 4.78 is 5.20. The molecule has 0 spiro atoms. The van der Waals surface area contributed by atoms with Crippen molar-refractivity contribution in [3.63, 3.8) is 0 Å². The smallest absolute Gasteiger partial charge is 0.407 e. The van der Waals surface area contributed by atoms with Gasteiger partial charge in [0.15, 0.2) is 0 Å². The molecule has 1 aromatic rings. The van der Waals surface area contributed by atoms with E-state index in [4.69, 9.17) is 9.84 Å². The van der Waals surface area contributed by atoms with Gasteiger partial charge in [-0.2, -0.15) is 0 Å². The predicted octanol–water partition coefficient (Wildman–Crippen LogP) is 2.46. The molecule has 0 heterocycles. The summed E-state index contributed by atoms with van der Waals surface area (Å²) in [4.78, 5) is 11.7. The third-order valence-electron chi connectivity index (χ3n) is 3.67. The molecular formula is C15H21NO3. The zero-order chi connectivity index (χ0) is 13.5. The van der Waals surface area contributed by atoms with Gasteiger partial charge in [0.05, 0.1) is 0 Å². The van der Waals surface area contributed by atoms with Crippen LogP contribution in [0.4, 0.5) is 4.79 Å². The monoisotopic (exact) mass is 263 g/mol. The lowest BCUT2D eigenvalue weighted by Crippen LogP contribution is -2.37. The molecule has 2 unspecified atom stereocenters. The number of nitrogens with one attached hydrogen (secondary N) is 1. The summed E-state index contributed by atoms with van der Waals surface area (Å²) in [6.45, 7) is 0.478. The Morgan fingerprint density at radius 3 is 2.84 bits per heavy atom. The third-order valence-corrected chi connectivity index (χ3v) is 3.67. The number of alkyl carbamates (subject to hydrolysis) is 1. The molecular weight excluding hydrogens is 242 g/mol. The van der Waals surface area contributed by atoms with Gasteiger partial charge >= 0.3 is 6.09 Å². The van der Waals surface area contributed by atoms with E-state index in [-0.39, 0.29) is 18.7 Å². The van der Waals surface area contributed by atoms with Crippen LogP contribution < -0.4 is 5.32 Å². The fourth-order valence-electron chi connectivity index (χ4n) is 2.65. The average Bonchev–Trinajstić information content (AvgIpc) is 2.85. The van der Waals surface area contributed by atoms with Crippen molar-refractivity contribution in [3.8, 4) is 0 Å². The fourth-order valence-corrected chi connectivity index (χ4v) is 2.65. The van der Waals surface area contributed by atoms with Crippen LogP contribution in [0, 0.1) is 5.92 Å². The van der Waals surface area contributed by atoms with Crippen molar-refractivity contribution in [1.29, 1.82) is 0 Å². The summed E-state index contributed by atoms with van der Waals surface area (Å²) in [5, 5.41) is 11.9. The first-order chi connectivity index (χ1) is 9.29. The molecule has 0 radical (unpaired) electrons. The topological polar surface area (TPSA) is 58.6 Å². The standard InChI is InChI=1S/C15H21NO3/c17-10-9-13-7-4-8-14(13)16-15(18)19-11-12-5-2-1-3-6-12/h1-3,5-6,13-14,17H,4,7-11H2,(H,16,18). The number of carbonyl (C=O) groups excluding carboxylic acids is 1. The first kappa shape index (κ1) is 13.9. The molecule has 0 aromatic heterocycles. The first-order valence-electron chi connectivity index (χ1n) is 6.87. The number of hydrogen-bond acceptors (Lipinski definition) is 3. The Balaban J connectivity index is 1.75. The van der Waals surface area contributed by atoms with Gasteiger partial charge in [-0.25, -0.2) is 4.79 Å². The molecule has 1 aliphatic carbocycles. The van der Waals surface area contributed by atoms with E-state index in [1.807, 2.05) is 30.3 Å².